The van der Waals surface area contributed by atoms with Crippen molar-refractivity contribution in [3.05, 3.63) is 59.7 Å². The summed E-state index contributed by atoms with van der Waals surface area (Å²) in [6.45, 7) is 12.0. The van der Waals surface area contributed by atoms with E-state index in [0.29, 0.717) is 11.3 Å². The third-order valence-electron chi connectivity index (χ3n) is 3.88. The standard InChI is InChI=1S/C20H23N3O3.3C2H6/c1-23(2)15-10-8-14(9-11-15)13-22-18-7-5-4-6-16(18)19(24)12-17(21)20(25)26-3;3*1-2/h4-11,13,17H,12,21H2,1-3H3;3*1-2H3. The van der Waals surface area contributed by atoms with Crippen LogP contribution in [0.15, 0.2) is 53.5 Å². The summed E-state index contributed by atoms with van der Waals surface area (Å²) in [6.07, 6.45) is 1.57. The monoisotopic (exact) mass is 443 g/mol. The first-order chi connectivity index (χ1) is 15.4. The maximum absolute atomic E-state index is 12.5. The van der Waals surface area contributed by atoms with Gasteiger partial charge in [0.05, 0.1) is 12.8 Å². The van der Waals surface area contributed by atoms with Gasteiger partial charge in [-0.25, -0.2) is 0 Å². The summed E-state index contributed by atoms with van der Waals surface area (Å²) in [4.78, 5) is 30.3. The molecule has 0 heterocycles. The minimum atomic E-state index is -0.983. The van der Waals surface area contributed by atoms with Gasteiger partial charge in [0.15, 0.2) is 5.78 Å². The van der Waals surface area contributed by atoms with Crippen LogP contribution in [0, 0.1) is 0 Å². The third-order valence-corrected chi connectivity index (χ3v) is 3.88. The highest BCUT2D eigenvalue weighted by Gasteiger charge is 2.20. The van der Waals surface area contributed by atoms with Gasteiger partial charge in [0.1, 0.15) is 6.04 Å². The molecule has 0 aliphatic heterocycles. The van der Waals surface area contributed by atoms with Crippen molar-refractivity contribution in [2.75, 3.05) is 26.1 Å². The van der Waals surface area contributed by atoms with E-state index in [4.69, 9.17) is 5.73 Å². The quantitative estimate of drug-likeness (QED) is 0.339. The zero-order valence-corrected chi connectivity index (χ0v) is 21.2. The average Bonchev–Trinajstić information content (AvgIpc) is 2.86. The first-order valence-corrected chi connectivity index (χ1v) is 11.2. The summed E-state index contributed by atoms with van der Waals surface area (Å²) in [5.74, 6) is -0.862. The van der Waals surface area contributed by atoms with Gasteiger partial charge >= 0.3 is 5.97 Å². The molecule has 32 heavy (non-hydrogen) atoms. The molecule has 0 saturated carbocycles. The molecule has 6 nitrogen and oxygen atoms in total. The fourth-order valence-electron chi connectivity index (χ4n) is 2.37. The summed E-state index contributed by atoms with van der Waals surface area (Å²) in [5.41, 5.74) is 8.65. The number of para-hydroxylation sites is 1. The van der Waals surface area contributed by atoms with Gasteiger partial charge in [-0.3, -0.25) is 14.6 Å². The Labute approximate surface area is 194 Å². The number of hydrogen-bond acceptors (Lipinski definition) is 6. The van der Waals surface area contributed by atoms with Crippen LogP contribution in [-0.4, -0.2) is 45.2 Å². The van der Waals surface area contributed by atoms with Crippen molar-refractivity contribution in [1.29, 1.82) is 0 Å². The number of benzene rings is 2. The normalized spacial score (nSPS) is 10.3. The largest absolute Gasteiger partial charge is 0.468 e. The minimum absolute atomic E-state index is 0.128. The van der Waals surface area contributed by atoms with Crippen molar-refractivity contribution in [2.45, 2.75) is 54.0 Å². The molecule has 1 atom stereocenters. The lowest BCUT2D eigenvalue weighted by Crippen LogP contribution is -2.33. The predicted molar refractivity (Wildman–Crippen MR) is 137 cm³/mol. The molecule has 0 fully saturated rings. The number of esters is 1. The fourth-order valence-corrected chi connectivity index (χ4v) is 2.37. The lowest BCUT2D eigenvalue weighted by molar-refractivity contribution is -0.142. The number of rotatable bonds is 7. The topological polar surface area (TPSA) is 85.0 Å². The van der Waals surface area contributed by atoms with E-state index in [1.54, 1.807) is 30.5 Å². The van der Waals surface area contributed by atoms with Crippen molar-refractivity contribution < 1.29 is 14.3 Å². The van der Waals surface area contributed by atoms with Crippen LogP contribution in [0.5, 0.6) is 0 Å². The van der Waals surface area contributed by atoms with Gasteiger partial charge in [-0.15, -0.1) is 0 Å². The molecular weight excluding hydrogens is 402 g/mol. The van der Waals surface area contributed by atoms with Crippen LogP contribution >= 0.6 is 0 Å². The van der Waals surface area contributed by atoms with Gasteiger partial charge in [-0.2, -0.15) is 0 Å². The van der Waals surface area contributed by atoms with E-state index >= 15 is 0 Å². The summed E-state index contributed by atoms with van der Waals surface area (Å²) in [7, 11) is 5.19. The van der Waals surface area contributed by atoms with Crippen molar-refractivity contribution in [3.63, 3.8) is 0 Å². The lowest BCUT2D eigenvalue weighted by Gasteiger charge is -2.11. The molecule has 0 bridgehead atoms. The minimum Gasteiger partial charge on any atom is -0.468 e. The van der Waals surface area contributed by atoms with Gasteiger partial charge in [0.2, 0.25) is 0 Å². The van der Waals surface area contributed by atoms with Crippen molar-refractivity contribution in [1.82, 2.24) is 0 Å². The molecule has 0 amide bonds. The first-order valence-electron chi connectivity index (χ1n) is 11.2. The van der Waals surface area contributed by atoms with Crippen LogP contribution in [0.2, 0.25) is 0 Å². The Morgan fingerprint density at radius 3 is 2.00 bits per heavy atom. The Bertz CT molecular complexity index is 800. The number of nitrogens with two attached hydrogens (primary N) is 1. The third kappa shape index (κ3) is 10.9. The van der Waals surface area contributed by atoms with Gasteiger partial charge in [-0.05, 0) is 29.8 Å². The predicted octanol–water partition coefficient (Wildman–Crippen LogP) is 5.65. The molecule has 0 radical (unpaired) electrons. The Hall–Kier alpha value is -2.99. The van der Waals surface area contributed by atoms with Gasteiger partial charge in [0.25, 0.3) is 0 Å². The number of Topliss-reactive ketones (excluding diaryl/α,β-unsaturated/α-hetero) is 1. The van der Waals surface area contributed by atoms with E-state index in [2.05, 4.69) is 9.73 Å². The van der Waals surface area contributed by atoms with Crippen LogP contribution in [0.25, 0.3) is 0 Å². The van der Waals surface area contributed by atoms with Crippen LogP contribution in [0.1, 0.15) is 63.9 Å². The SMILES string of the molecule is CC.CC.CC.COC(=O)C(N)CC(=O)c1ccccc1N=Cc1ccc(N(C)C)cc1. The molecule has 2 aromatic carbocycles. The molecule has 1 unspecified atom stereocenters. The molecule has 178 valence electrons. The molecule has 0 aromatic heterocycles. The molecule has 6 heteroatoms. The van der Waals surface area contributed by atoms with E-state index in [1.807, 2.05) is 84.8 Å². The van der Waals surface area contributed by atoms with E-state index in [-0.39, 0.29) is 12.2 Å². The highest BCUT2D eigenvalue weighted by Crippen LogP contribution is 2.21. The Morgan fingerprint density at radius 2 is 1.50 bits per heavy atom. The second-order valence-electron chi connectivity index (χ2n) is 6.02. The highest BCUT2D eigenvalue weighted by atomic mass is 16.5. The number of ketones is 1. The fraction of sp³-hybridized carbons (Fsp3) is 0.423. The maximum atomic E-state index is 12.5. The molecule has 2 rings (SSSR count). The Morgan fingerprint density at radius 1 is 0.969 bits per heavy atom. The van der Waals surface area contributed by atoms with Gasteiger partial charge < -0.3 is 15.4 Å². The number of aliphatic imine (C=N–C) groups is 1. The molecule has 0 spiro atoms. The summed E-state index contributed by atoms with van der Waals surface area (Å²) >= 11 is 0. The smallest absolute Gasteiger partial charge is 0.323 e. The van der Waals surface area contributed by atoms with Crippen LogP contribution in [0.4, 0.5) is 11.4 Å². The second-order valence-corrected chi connectivity index (χ2v) is 6.02. The number of ether oxygens (including phenoxy) is 1. The Balaban J connectivity index is 0. The molecule has 2 aromatic rings. The molecule has 0 aliphatic carbocycles. The van der Waals surface area contributed by atoms with Gasteiger partial charge in [-0.1, -0.05) is 65.8 Å². The first kappa shape index (κ1) is 31.2. The lowest BCUT2D eigenvalue weighted by atomic mass is 10.0. The van der Waals surface area contributed by atoms with Crippen LogP contribution < -0.4 is 10.6 Å². The van der Waals surface area contributed by atoms with Crippen molar-refractivity contribution in [3.8, 4) is 0 Å². The van der Waals surface area contributed by atoms with Crippen LogP contribution in [-0.2, 0) is 9.53 Å². The summed E-state index contributed by atoms with van der Waals surface area (Å²) in [6, 6.07) is 13.9. The number of anilines is 1. The van der Waals surface area contributed by atoms with Crippen LogP contribution in [0.3, 0.4) is 0 Å². The summed E-state index contributed by atoms with van der Waals surface area (Å²) < 4.78 is 4.56. The number of carbonyl (C=O) groups is 2. The second kappa shape index (κ2) is 18.8. The van der Waals surface area contributed by atoms with E-state index in [0.717, 1.165) is 11.3 Å². The maximum Gasteiger partial charge on any atom is 0.323 e. The highest BCUT2D eigenvalue weighted by molar-refractivity contribution is 6.03. The van der Waals surface area contributed by atoms with Gasteiger partial charge in [0, 0.05) is 38.0 Å². The number of nitrogens with zero attached hydrogens (tertiary/aromatic N) is 2. The molecule has 2 N–H and O–H groups in total. The van der Waals surface area contributed by atoms with E-state index < -0.39 is 12.0 Å². The molecular formula is C26H41N3O3. The van der Waals surface area contributed by atoms with E-state index in [9.17, 15) is 9.59 Å². The average molecular weight is 444 g/mol. The van der Waals surface area contributed by atoms with Crippen molar-refractivity contribution >= 4 is 29.3 Å². The van der Waals surface area contributed by atoms with Crippen molar-refractivity contribution in [2.24, 2.45) is 10.7 Å². The van der Waals surface area contributed by atoms with E-state index in [1.165, 1.54) is 7.11 Å². The number of carbonyl (C=O) groups excluding carboxylic acids is 2. The molecule has 0 aliphatic rings. The number of methoxy groups -OCH3 is 1. The Kier molecular flexibility index (Phi) is 18.3. The zero-order valence-electron chi connectivity index (χ0n) is 21.2. The summed E-state index contributed by atoms with van der Waals surface area (Å²) in [5, 5.41) is 0. The number of hydrogen-bond donors (Lipinski definition) is 1. The molecule has 0 saturated heterocycles. The zero-order chi connectivity index (χ0) is 25.1.